The molecule has 1 amide bonds. The molecule has 0 aliphatic carbocycles. The van der Waals surface area contributed by atoms with Crippen molar-refractivity contribution in [2.24, 2.45) is 0 Å². The zero-order chi connectivity index (χ0) is 15.1. The summed E-state index contributed by atoms with van der Waals surface area (Å²) in [5.74, 6) is -1.11. The topological polar surface area (TPSA) is 103 Å². The van der Waals surface area contributed by atoms with E-state index < -0.39 is 17.9 Å². The number of aliphatic hydroxyl groups excluding tert-OH is 1. The average Bonchev–Trinajstić information content (AvgIpc) is 2.38. The minimum absolute atomic E-state index is 0.0377. The van der Waals surface area contributed by atoms with Crippen molar-refractivity contribution in [1.82, 2.24) is 10.3 Å². The van der Waals surface area contributed by atoms with E-state index in [0.29, 0.717) is 10.8 Å². The molecule has 0 aromatic carbocycles. The van der Waals surface area contributed by atoms with Gasteiger partial charge < -0.3 is 20.4 Å². The third-order valence-electron chi connectivity index (χ3n) is 2.53. The summed E-state index contributed by atoms with van der Waals surface area (Å²) < 4.78 is 0. The summed E-state index contributed by atoms with van der Waals surface area (Å²) in [4.78, 5) is 28.2. The number of carbonyl (C=O) groups is 2. The first kappa shape index (κ1) is 16.2. The van der Waals surface area contributed by atoms with Crippen molar-refractivity contribution in [1.29, 1.82) is 0 Å². The van der Waals surface area contributed by atoms with Crippen LogP contribution in [-0.4, -0.2) is 53.3 Å². The van der Waals surface area contributed by atoms with Crippen LogP contribution in [0.25, 0.3) is 0 Å². The van der Waals surface area contributed by atoms with E-state index in [1.165, 1.54) is 6.20 Å². The Kier molecular flexibility index (Phi) is 6.20. The maximum Gasteiger partial charge on any atom is 0.326 e. The number of aliphatic carboxylic acids is 1. The molecular formula is C12H16ClN3O4. The van der Waals surface area contributed by atoms with Gasteiger partial charge >= 0.3 is 5.97 Å². The summed E-state index contributed by atoms with van der Waals surface area (Å²) in [6.07, 6.45) is 1.42. The zero-order valence-electron chi connectivity index (χ0n) is 10.9. The van der Waals surface area contributed by atoms with Gasteiger partial charge in [-0.2, -0.15) is 0 Å². The number of halogens is 1. The molecule has 0 radical (unpaired) electrons. The number of nitrogens with zero attached hydrogens (tertiary/aromatic N) is 2. The molecule has 0 saturated carbocycles. The summed E-state index contributed by atoms with van der Waals surface area (Å²) in [5, 5.41) is 20.4. The number of aromatic nitrogens is 1. The zero-order valence-corrected chi connectivity index (χ0v) is 11.7. The number of carboxylic acids is 1. The van der Waals surface area contributed by atoms with E-state index >= 15 is 0 Å². The molecule has 1 aromatic heterocycles. The van der Waals surface area contributed by atoms with Gasteiger partial charge in [0.15, 0.2) is 0 Å². The molecule has 1 aromatic rings. The van der Waals surface area contributed by atoms with Gasteiger partial charge in [0.25, 0.3) is 0 Å². The van der Waals surface area contributed by atoms with E-state index in [2.05, 4.69) is 10.3 Å². The Morgan fingerprint density at radius 1 is 1.50 bits per heavy atom. The molecule has 8 heteroatoms. The lowest BCUT2D eigenvalue weighted by atomic mass is 10.2. The molecule has 0 aliphatic rings. The molecule has 20 heavy (non-hydrogen) atoms. The van der Waals surface area contributed by atoms with Crippen LogP contribution in [0.15, 0.2) is 18.3 Å². The Morgan fingerprint density at radius 3 is 2.70 bits per heavy atom. The highest BCUT2D eigenvalue weighted by Gasteiger charge is 2.20. The quantitative estimate of drug-likeness (QED) is 0.661. The van der Waals surface area contributed by atoms with Crippen LogP contribution in [0.5, 0.6) is 0 Å². The Morgan fingerprint density at radius 2 is 2.20 bits per heavy atom. The van der Waals surface area contributed by atoms with Crippen LogP contribution in [0.1, 0.15) is 6.42 Å². The van der Waals surface area contributed by atoms with Crippen LogP contribution in [0.3, 0.4) is 0 Å². The summed E-state index contributed by atoms with van der Waals surface area (Å²) in [6.45, 7) is -0.365. The van der Waals surface area contributed by atoms with Gasteiger partial charge in [-0.05, 0) is 12.1 Å². The fourth-order valence-corrected chi connectivity index (χ4v) is 1.63. The number of hydrogen-bond acceptors (Lipinski definition) is 5. The highest BCUT2D eigenvalue weighted by Crippen LogP contribution is 2.12. The van der Waals surface area contributed by atoms with Crippen LogP contribution in [-0.2, 0) is 9.59 Å². The maximum atomic E-state index is 11.7. The van der Waals surface area contributed by atoms with Crippen LogP contribution in [0, 0.1) is 0 Å². The van der Waals surface area contributed by atoms with E-state index in [1.807, 2.05) is 0 Å². The Labute approximate surface area is 121 Å². The minimum Gasteiger partial charge on any atom is -0.480 e. The van der Waals surface area contributed by atoms with E-state index in [1.54, 1.807) is 24.1 Å². The first-order valence-electron chi connectivity index (χ1n) is 5.89. The van der Waals surface area contributed by atoms with Gasteiger partial charge in [-0.1, -0.05) is 11.6 Å². The van der Waals surface area contributed by atoms with Gasteiger partial charge in [-0.3, -0.25) is 4.79 Å². The first-order valence-corrected chi connectivity index (χ1v) is 6.27. The number of amides is 1. The number of rotatable bonds is 7. The lowest BCUT2D eigenvalue weighted by Gasteiger charge is -2.19. The Hall–Kier alpha value is -1.86. The van der Waals surface area contributed by atoms with Crippen molar-refractivity contribution >= 4 is 29.3 Å². The second-order valence-electron chi connectivity index (χ2n) is 4.16. The molecule has 110 valence electrons. The van der Waals surface area contributed by atoms with Crippen LogP contribution >= 0.6 is 11.6 Å². The summed E-state index contributed by atoms with van der Waals surface area (Å²) >= 11 is 5.71. The van der Waals surface area contributed by atoms with Gasteiger partial charge in [0, 0.05) is 26.3 Å². The molecule has 0 aliphatic heterocycles. The minimum atomic E-state index is -1.18. The largest absolute Gasteiger partial charge is 0.480 e. The normalized spacial score (nSPS) is 11.8. The number of aliphatic hydroxyl groups is 1. The highest BCUT2D eigenvalue weighted by molar-refractivity contribution is 6.30. The average molecular weight is 302 g/mol. The molecule has 3 N–H and O–H groups in total. The van der Waals surface area contributed by atoms with E-state index in [4.69, 9.17) is 21.8 Å². The van der Waals surface area contributed by atoms with Crippen molar-refractivity contribution in [3.05, 3.63) is 23.4 Å². The first-order chi connectivity index (χ1) is 9.43. The van der Waals surface area contributed by atoms with Gasteiger partial charge in [-0.15, -0.1) is 0 Å². The molecule has 0 spiro atoms. The van der Waals surface area contributed by atoms with Gasteiger partial charge in [0.05, 0.1) is 11.6 Å². The van der Waals surface area contributed by atoms with Crippen molar-refractivity contribution < 1.29 is 19.8 Å². The molecule has 1 heterocycles. The lowest BCUT2D eigenvalue weighted by Crippen LogP contribution is -2.45. The third kappa shape index (κ3) is 5.02. The van der Waals surface area contributed by atoms with E-state index in [0.717, 1.165) is 0 Å². The number of nitrogens with one attached hydrogen (secondary N) is 1. The Balaban J connectivity index is 2.56. The van der Waals surface area contributed by atoms with Crippen molar-refractivity contribution in [3.8, 4) is 0 Å². The third-order valence-corrected chi connectivity index (χ3v) is 2.76. The molecule has 0 bridgehead atoms. The second-order valence-corrected chi connectivity index (χ2v) is 4.60. The highest BCUT2D eigenvalue weighted by atomic mass is 35.5. The standard InChI is InChI=1S/C12H16ClN3O4/c1-16(10-3-2-8(13)6-14-10)7-11(18)15-9(4-5-17)12(19)20/h2-3,6,9,17H,4-5,7H2,1H3,(H,15,18)(H,19,20). The number of carbonyl (C=O) groups excluding carboxylic acids is 1. The SMILES string of the molecule is CN(CC(=O)NC(CCO)C(=O)O)c1ccc(Cl)cn1. The van der Waals surface area contributed by atoms with E-state index in [9.17, 15) is 9.59 Å². The van der Waals surface area contributed by atoms with E-state index in [-0.39, 0.29) is 19.6 Å². The predicted octanol–water partition coefficient (Wildman–Crippen LogP) is 0.123. The molecule has 7 nitrogen and oxygen atoms in total. The molecule has 1 rings (SSSR count). The van der Waals surface area contributed by atoms with Crippen LogP contribution in [0.4, 0.5) is 5.82 Å². The molecular weight excluding hydrogens is 286 g/mol. The fraction of sp³-hybridized carbons (Fsp3) is 0.417. The van der Waals surface area contributed by atoms with Gasteiger partial charge in [0.2, 0.25) is 5.91 Å². The summed E-state index contributed by atoms with van der Waals surface area (Å²) in [6, 6.07) is 2.20. The number of pyridine rings is 1. The molecule has 1 unspecified atom stereocenters. The number of likely N-dealkylation sites (N-methyl/N-ethyl adjacent to an activating group) is 1. The molecule has 0 saturated heterocycles. The second kappa shape index (κ2) is 7.66. The smallest absolute Gasteiger partial charge is 0.326 e. The van der Waals surface area contributed by atoms with Crippen molar-refractivity contribution in [2.75, 3.05) is 25.1 Å². The number of carboxylic acid groups (broad SMARTS) is 1. The lowest BCUT2D eigenvalue weighted by molar-refractivity contribution is -0.142. The van der Waals surface area contributed by atoms with Crippen molar-refractivity contribution in [3.63, 3.8) is 0 Å². The maximum absolute atomic E-state index is 11.7. The van der Waals surface area contributed by atoms with Crippen molar-refractivity contribution in [2.45, 2.75) is 12.5 Å². The molecule has 1 atom stereocenters. The number of anilines is 1. The fourth-order valence-electron chi connectivity index (χ4n) is 1.52. The summed E-state index contributed by atoms with van der Waals surface area (Å²) in [7, 11) is 1.65. The Bertz CT molecular complexity index is 466. The predicted molar refractivity (Wildman–Crippen MR) is 73.8 cm³/mol. The van der Waals surface area contributed by atoms with Crippen LogP contribution in [0.2, 0.25) is 5.02 Å². The number of hydrogen-bond donors (Lipinski definition) is 3. The summed E-state index contributed by atoms with van der Waals surface area (Å²) in [5.41, 5.74) is 0. The molecule has 0 fully saturated rings. The monoisotopic (exact) mass is 301 g/mol. The van der Waals surface area contributed by atoms with Gasteiger partial charge in [0.1, 0.15) is 11.9 Å². The van der Waals surface area contributed by atoms with Crippen LogP contribution < -0.4 is 10.2 Å². The van der Waals surface area contributed by atoms with Gasteiger partial charge in [-0.25, -0.2) is 9.78 Å².